The monoisotopic (exact) mass is 511 g/mol. The number of piperazine rings is 1. The van der Waals surface area contributed by atoms with E-state index in [0.717, 1.165) is 44.4 Å². The maximum absolute atomic E-state index is 5.41. The molecule has 0 N–H and O–H groups in total. The van der Waals surface area contributed by atoms with Gasteiger partial charge in [0, 0.05) is 58.4 Å². The van der Waals surface area contributed by atoms with Gasteiger partial charge in [-0.25, -0.2) is 0 Å². The van der Waals surface area contributed by atoms with Crippen molar-refractivity contribution in [3.8, 4) is 5.75 Å². The molecule has 3 aromatic rings. The van der Waals surface area contributed by atoms with Crippen molar-refractivity contribution >= 4 is 5.57 Å². The average molecular weight is 512 g/mol. The topological polar surface area (TPSA) is 19.0 Å². The highest BCUT2D eigenvalue weighted by molar-refractivity contribution is 5.79. The largest absolute Gasteiger partial charge is 0.497 e. The lowest BCUT2D eigenvalue weighted by Crippen LogP contribution is -2.49. The summed E-state index contributed by atoms with van der Waals surface area (Å²) in [6.45, 7) is 15.9. The molecule has 0 aromatic heterocycles. The Balaban J connectivity index is 1.52. The maximum Gasteiger partial charge on any atom is 0.118 e. The lowest BCUT2D eigenvalue weighted by molar-refractivity contribution is 0.106. The van der Waals surface area contributed by atoms with Crippen molar-refractivity contribution < 1.29 is 4.74 Å². The van der Waals surface area contributed by atoms with Crippen molar-refractivity contribution in [2.45, 2.75) is 26.8 Å². The predicted octanol–water partition coefficient (Wildman–Crippen LogP) is 6.46. The highest BCUT2D eigenvalue weighted by Crippen LogP contribution is 2.26. The molecule has 4 rings (SSSR count). The molecule has 0 saturated carbocycles. The van der Waals surface area contributed by atoms with Gasteiger partial charge in [-0.15, -0.1) is 0 Å². The normalized spacial score (nSPS) is 15.5. The fraction of sp³-hybridized carbons (Fsp3) is 0.412. The summed E-state index contributed by atoms with van der Waals surface area (Å²) in [7, 11) is 1.73. The Hall–Kier alpha value is -2.92. The Morgan fingerprint density at radius 3 is 1.87 bits per heavy atom. The third-order valence-corrected chi connectivity index (χ3v) is 7.64. The molecule has 1 aliphatic heterocycles. The van der Waals surface area contributed by atoms with Gasteiger partial charge in [0.05, 0.1) is 7.11 Å². The van der Waals surface area contributed by atoms with E-state index in [9.17, 15) is 0 Å². The zero-order valence-electron chi connectivity index (χ0n) is 23.7. The van der Waals surface area contributed by atoms with Crippen LogP contribution in [0.15, 0.2) is 91.0 Å². The number of methoxy groups -OCH3 is 1. The van der Waals surface area contributed by atoms with Crippen molar-refractivity contribution in [3.63, 3.8) is 0 Å². The Bertz CT molecular complexity index is 1060. The average Bonchev–Trinajstić information content (AvgIpc) is 2.96. The van der Waals surface area contributed by atoms with Gasteiger partial charge in [0.25, 0.3) is 0 Å². The van der Waals surface area contributed by atoms with Crippen molar-refractivity contribution in [1.29, 1.82) is 0 Å². The summed E-state index contributed by atoms with van der Waals surface area (Å²) in [5.41, 5.74) is 5.14. The summed E-state index contributed by atoms with van der Waals surface area (Å²) in [5.74, 6) is 1.64. The molecule has 1 heterocycles. The molecular weight excluding hydrogens is 466 g/mol. The Kier molecular flexibility index (Phi) is 10.6. The number of ether oxygens (including phenoxy) is 1. The van der Waals surface area contributed by atoms with Crippen LogP contribution in [0.1, 0.15) is 43.5 Å². The molecule has 0 radical (unpaired) electrons. The van der Waals surface area contributed by atoms with Gasteiger partial charge in [-0.05, 0) is 47.2 Å². The van der Waals surface area contributed by atoms with Crippen LogP contribution in [0.25, 0.3) is 5.57 Å². The smallest absolute Gasteiger partial charge is 0.118 e. The Morgan fingerprint density at radius 2 is 1.34 bits per heavy atom. The molecule has 1 saturated heterocycles. The summed E-state index contributed by atoms with van der Waals surface area (Å²) in [4.78, 5) is 7.88. The quantitative estimate of drug-likeness (QED) is 0.278. The van der Waals surface area contributed by atoms with Crippen LogP contribution in [0.2, 0.25) is 0 Å². The van der Waals surface area contributed by atoms with Gasteiger partial charge in [0.1, 0.15) is 5.75 Å². The third-order valence-electron chi connectivity index (χ3n) is 7.64. The second-order valence-corrected chi connectivity index (χ2v) is 10.8. The summed E-state index contributed by atoms with van der Waals surface area (Å²) < 4.78 is 5.41. The van der Waals surface area contributed by atoms with E-state index in [0.29, 0.717) is 6.04 Å². The predicted molar refractivity (Wildman–Crippen MR) is 161 cm³/mol. The van der Waals surface area contributed by atoms with Crippen molar-refractivity contribution in [1.82, 2.24) is 14.7 Å². The van der Waals surface area contributed by atoms with E-state index in [1.165, 1.54) is 41.9 Å². The molecule has 0 bridgehead atoms. The highest BCUT2D eigenvalue weighted by atomic mass is 16.5. The van der Waals surface area contributed by atoms with Gasteiger partial charge >= 0.3 is 0 Å². The SMILES string of the molecule is COc1ccc([C@@H](C)N(CC=C(c2ccccc2)c2ccccc2)CCN2CCN(CC(C)C)CC2)cc1. The first-order chi connectivity index (χ1) is 18.5. The number of hydrogen-bond donors (Lipinski definition) is 0. The first-order valence-electron chi connectivity index (χ1n) is 14.2. The molecule has 1 fully saturated rings. The van der Waals surface area contributed by atoms with Crippen LogP contribution in [0.3, 0.4) is 0 Å². The van der Waals surface area contributed by atoms with E-state index in [-0.39, 0.29) is 0 Å². The van der Waals surface area contributed by atoms with Crippen LogP contribution >= 0.6 is 0 Å². The standard InChI is InChI=1S/C34H45N3O/c1-28(2)27-36-23-21-35(22-24-36)25-26-37(29(3)30-15-17-33(38-4)18-16-30)20-19-34(31-11-7-5-8-12-31)32-13-9-6-10-14-32/h5-19,28-29H,20-27H2,1-4H3/t29-/m1/s1. The van der Waals surface area contributed by atoms with Crippen LogP contribution in [-0.4, -0.2) is 74.2 Å². The summed E-state index contributed by atoms with van der Waals surface area (Å²) in [6, 6.07) is 30.4. The fourth-order valence-corrected chi connectivity index (χ4v) is 5.36. The number of benzene rings is 3. The van der Waals surface area contributed by atoms with Crippen molar-refractivity contribution in [2.24, 2.45) is 5.92 Å². The molecular formula is C34H45N3O. The molecule has 0 unspecified atom stereocenters. The number of hydrogen-bond acceptors (Lipinski definition) is 4. The third kappa shape index (κ3) is 8.04. The fourth-order valence-electron chi connectivity index (χ4n) is 5.36. The van der Waals surface area contributed by atoms with Crippen LogP contribution in [0, 0.1) is 5.92 Å². The molecule has 4 heteroatoms. The number of rotatable bonds is 12. The zero-order valence-corrected chi connectivity index (χ0v) is 23.7. The summed E-state index contributed by atoms with van der Waals surface area (Å²) in [5, 5.41) is 0. The van der Waals surface area contributed by atoms with E-state index in [1.54, 1.807) is 7.11 Å². The summed E-state index contributed by atoms with van der Waals surface area (Å²) >= 11 is 0. The Labute approximate surface area is 230 Å². The lowest BCUT2D eigenvalue weighted by atomic mass is 9.97. The van der Waals surface area contributed by atoms with Gasteiger partial charge in [-0.1, -0.05) is 92.7 Å². The van der Waals surface area contributed by atoms with E-state index >= 15 is 0 Å². The van der Waals surface area contributed by atoms with Gasteiger partial charge in [0.15, 0.2) is 0 Å². The molecule has 3 aromatic carbocycles. The maximum atomic E-state index is 5.41. The molecule has 0 aliphatic carbocycles. The van der Waals surface area contributed by atoms with Crippen LogP contribution < -0.4 is 4.74 Å². The minimum Gasteiger partial charge on any atom is -0.497 e. The van der Waals surface area contributed by atoms with Crippen LogP contribution in [0.5, 0.6) is 5.75 Å². The van der Waals surface area contributed by atoms with Gasteiger partial charge in [-0.2, -0.15) is 0 Å². The minimum absolute atomic E-state index is 0.298. The van der Waals surface area contributed by atoms with Gasteiger partial charge in [-0.3, -0.25) is 9.80 Å². The lowest BCUT2D eigenvalue weighted by Gasteiger charge is -2.37. The van der Waals surface area contributed by atoms with E-state index in [1.807, 2.05) is 0 Å². The van der Waals surface area contributed by atoms with E-state index in [2.05, 4.69) is 126 Å². The highest BCUT2D eigenvalue weighted by Gasteiger charge is 2.20. The van der Waals surface area contributed by atoms with Crippen LogP contribution in [-0.2, 0) is 0 Å². The zero-order chi connectivity index (χ0) is 26.7. The first kappa shape index (κ1) is 28.1. The van der Waals surface area contributed by atoms with Gasteiger partial charge in [0.2, 0.25) is 0 Å². The molecule has 1 aliphatic rings. The molecule has 202 valence electrons. The second kappa shape index (κ2) is 14.3. The van der Waals surface area contributed by atoms with E-state index < -0.39 is 0 Å². The molecule has 0 spiro atoms. The Morgan fingerprint density at radius 1 is 0.789 bits per heavy atom. The van der Waals surface area contributed by atoms with Crippen molar-refractivity contribution in [2.75, 3.05) is 59.5 Å². The molecule has 38 heavy (non-hydrogen) atoms. The van der Waals surface area contributed by atoms with E-state index in [4.69, 9.17) is 4.74 Å². The van der Waals surface area contributed by atoms with Gasteiger partial charge < -0.3 is 9.64 Å². The van der Waals surface area contributed by atoms with Crippen molar-refractivity contribution in [3.05, 3.63) is 108 Å². The molecule has 0 amide bonds. The minimum atomic E-state index is 0.298. The van der Waals surface area contributed by atoms with Crippen LogP contribution in [0.4, 0.5) is 0 Å². The molecule has 4 nitrogen and oxygen atoms in total. The first-order valence-corrected chi connectivity index (χ1v) is 14.2. The molecule has 1 atom stereocenters. The second-order valence-electron chi connectivity index (χ2n) is 10.8. The summed E-state index contributed by atoms with van der Waals surface area (Å²) in [6.07, 6.45) is 2.42. The number of nitrogens with zero attached hydrogens (tertiary/aromatic N) is 3.